The molecule has 17 aromatic rings. The van der Waals surface area contributed by atoms with Gasteiger partial charge in [-0.1, -0.05) is 269 Å². The predicted octanol–water partition coefficient (Wildman–Crippen LogP) is 28.8. The van der Waals surface area contributed by atoms with E-state index in [0.29, 0.717) is 12.0 Å². The van der Waals surface area contributed by atoms with Crippen molar-refractivity contribution in [3.8, 4) is 78.1 Å². The molecule has 2 heterocycles. The molecule has 4 nitrogen and oxygen atoms in total. The van der Waals surface area contributed by atoms with Crippen LogP contribution in [0.25, 0.3) is 146 Å². The topological polar surface area (TPSA) is 16.3 Å². The zero-order valence-electron chi connectivity index (χ0n) is 60.4. The van der Waals surface area contributed by atoms with Crippen LogP contribution >= 0.6 is 0 Å². The van der Waals surface area contributed by atoms with Crippen LogP contribution in [0.4, 0.5) is 28.4 Å². The van der Waals surface area contributed by atoms with E-state index in [-0.39, 0.29) is 0 Å². The summed E-state index contributed by atoms with van der Waals surface area (Å²) in [6.45, 7) is 15.9. The summed E-state index contributed by atoms with van der Waals surface area (Å²) in [4.78, 5) is 4.97. The molecule has 1 aliphatic carbocycles. The number of hydrogen-bond acceptors (Lipinski definition) is 2. The molecule has 0 unspecified atom stereocenters. The van der Waals surface area contributed by atoms with Gasteiger partial charge in [0.05, 0.1) is 22.1 Å². The van der Waals surface area contributed by atoms with Crippen LogP contribution in [-0.4, -0.2) is 15.2 Å². The number of aromatic nitrogens is 2. The quantitative estimate of drug-likeness (QED) is 0.0802. The lowest BCUT2D eigenvalue weighted by atomic mass is 9.80. The molecule has 1 saturated carbocycles. The van der Waals surface area contributed by atoms with Crippen molar-refractivity contribution >= 4 is 96.4 Å². The number of fused-ring (bicyclic) bond motifs is 6. The molecule has 0 N–H and O–H groups in total. The Kier molecular flexibility index (Phi) is 17.7. The van der Waals surface area contributed by atoms with E-state index in [1.54, 1.807) is 0 Å². The highest BCUT2D eigenvalue weighted by Gasteiger charge is 2.29. The Morgan fingerprint density at radius 1 is 0.241 bits per heavy atom. The smallest absolute Gasteiger partial charge is 0.0541 e. The minimum atomic E-state index is 0.349. The lowest BCUT2D eigenvalue weighted by Gasteiger charge is -2.39. The standard InChI is InChI=1S/C104H80N4/c1-5-71-19-27-75(28-20-71)79-35-51-91(52-36-79)105(92-53-37-80(38-54-92)76-29-21-72(6-2)22-30-76)95-59-43-83(44-60-95)85-47-63-101-97(67-85)99-69-87(49-65-103(99)107(101)89-15-11-9-12-16-89)88-50-66-104-100(70-88)98-68-86(48-64-102(98)108(104)90-17-13-10-14-18-90)84-45-61-96(62-46-84)106(93-55-39-81(40-56-93)77-31-23-73(7-3)24-32-77)94-57-41-82(42-58-94)78-33-25-74(8-4)26-34-78/h5-40,43-56,59-70,82,94H,1-4,41-42,57-58H2. The van der Waals surface area contributed by atoms with Gasteiger partial charge in [-0.15, -0.1) is 0 Å². The van der Waals surface area contributed by atoms with Gasteiger partial charge < -0.3 is 18.9 Å². The van der Waals surface area contributed by atoms with Gasteiger partial charge in [-0.2, -0.15) is 0 Å². The van der Waals surface area contributed by atoms with Crippen LogP contribution in [-0.2, 0) is 0 Å². The number of para-hydroxylation sites is 2. The van der Waals surface area contributed by atoms with Crippen LogP contribution in [0.15, 0.2) is 378 Å². The first kappa shape index (κ1) is 66.4. The molecule has 2 aromatic heterocycles. The number of anilines is 5. The second-order valence-electron chi connectivity index (χ2n) is 28.6. The van der Waals surface area contributed by atoms with E-state index >= 15 is 0 Å². The third kappa shape index (κ3) is 12.7. The lowest BCUT2D eigenvalue weighted by molar-refractivity contribution is 0.392. The zero-order valence-corrected chi connectivity index (χ0v) is 60.4. The van der Waals surface area contributed by atoms with Crippen molar-refractivity contribution in [1.29, 1.82) is 0 Å². The van der Waals surface area contributed by atoms with Crippen LogP contribution in [0.3, 0.4) is 0 Å². The molecule has 108 heavy (non-hydrogen) atoms. The van der Waals surface area contributed by atoms with Crippen molar-refractivity contribution in [1.82, 2.24) is 9.13 Å². The molecular weight excluding hydrogens is 1310 g/mol. The summed E-state index contributed by atoms with van der Waals surface area (Å²) in [5, 5.41) is 4.81. The largest absolute Gasteiger partial charge is 0.338 e. The van der Waals surface area contributed by atoms with Crippen molar-refractivity contribution in [2.24, 2.45) is 0 Å². The summed E-state index contributed by atoms with van der Waals surface area (Å²) in [5.74, 6) is 0.541. The molecule has 516 valence electrons. The monoisotopic (exact) mass is 1380 g/mol. The van der Waals surface area contributed by atoms with Gasteiger partial charge in [0.2, 0.25) is 0 Å². The second kappa shape index (κ2) is 28.8. The van der Waals surface area contributed by atoms with E-state index in [1.165, 1.54) is 77.3 Å². The highest BCUT2D eigenvalue weighted by molar-refractivity contribution is 6.14. The van der Waals surface area contributed by atoms with Gasteiger partial charge in [0.15, 0.2) is 0 Å². The highest BCUT2D eigenvalue weighted by atomic mass is 15.2. The molecule has 1 fully saturated rings. The lowest BCUT2D eigenvalue weighted by Crippen LogP contribution is -2.34. The van der Waals surface area contributed by atoms with Crippen LogP contribution in [0.1, 0.15) is 59.4 Å². The molecule has 0 saturated heterocycles. The molecule has 0 bridgehead atoms. The summed E-state index contributed by atoms with van der Waals surface area (Å²) in [7, 11) is 0. The van der Waals surface area contributed by atoms with Gasteiger partial charge in [0, 0.05) is 67.4 Å². The molecule has 0 aliphatic heterocycles. The minimum Gasteiger partial charge on any atom is -0.338 e. The van der Waals surface area contributed by atoms with Gasteiger partial charge in [-0.3, -0.25) is 0 Å². The predicted molar refractivity (Wildman–Crippen MR) is 463 cm³/mol. The van der Waals surface area contributed by atoms with Gasteiger partial charge in [0.1, 0.15) is 0 Å². The third-order valence-corrected chi connectivity index (χ3v) is 22.4. The number of hydrogen-bond donors (Lipinski definition) is 0. The first-order chi connectivity index (χ1) is 53.3. The van der Waals surface area contributed by atoms with Gasteiger partial charge in [0.25, 0.3) is 0 Å². The Hall–Kier alpha value is -13.5. The van der Waals surface area contributed by atoms with Crippen molar-refractivity contribution in [2.75, 3.05) is 9.80 Å². The molecule has 18 rings (SSSR count). The average molecular weight is 1390 g/mol. The van der Waals surface area contributed by atoms with Crippen molar-refractivity contribution in [2.45, 2.75) is 37.6 Å². The Morgan fingerprint density at radius 3 is 0.769 bits per heavy atom. The molecule has 4 heteroatoms. The van der Waals surface area contributed by atoms with Crippen molar-refractivity contribution in [3.63, 3.8) is 0 Å². The molecule has 15 aromatic carbocycles. The maximum absolute atomic E-state index is 4.00. The fourth-order valence-corrected chi connectivity index (χ4v) is 16.5. The average Bonchev–Trinajstić information content (AvgIpc) is 1.60. The van der Waals surface area contributed by atoms with E-state index in [1.807, 2.05) is 24.3 Å². The molecule has 1 aliphatic rings. The van der Waals surface area contributed by atoms with Crippen LogP contribution < -0.4 is 9.80 Å². The van der Waals surface area contributed by atoms with E-state index < -0.39 is 0 Å². The SMILES string of the molecule is C=Cc1ccc(-c2ccc(N(c3ccc(-c4ccc(C=C)cc4)cc3)c3ccc(-c4ccc5c(c4)c4cc(-c6ccc7c(c6)c6cc(-c8ccc(N(c9ccc(-c%10ccc(C=C)cc%10)cc9)C9CCC(c%10ccc(C=C)cc%10)CC9)cc8)ccc6n7-c6ccccc6)ccc4n5-c4ccccc4)cc3)cc2)cc1. The van der Waals surface area contributed by atoms with Crippen molar-refractivity contribution < 1.29 is 0 Å². The molecule has 0 radical (unpaired) electrons. The summed E-state index contributed by atoms with van der Waals surface area (Å²) in [6, 6.07) is 130. The maximum Gasteiger partial charge on any atom is 0.0541 e. The van der Waals surface area contributed by atoms with Crippen LogP contribution in [0.2, 0.25) is 0 Å². The van der Waals surface area contributed by atoms with E-state index in [4.69, 9.17) is 0 Å². The van der Waals surface area contributed by atoms with Crippen molar-refractivity contribution in [3.05, 3.63) is 406 Å². The van der Waals surface area contributed by atoms with E-state index in [2.05, 4.69) is 397 Å². The fraction of sp³-hybridized carbons (Fsp3) is 0.0577. The van der Waals surface area contributed by atoms with Crippen LogP contribution in [0.5, 0.6) is 0 Å². The number of rotatable bonds is 19. The summed E-state index contributed by atoms with van der Waals surface area (Å²) in [5.41, 5.74) is 32.5. The maximum atomic E-state index is 4.00. The van der Waals surface area contributed by atoms with Gasteiger partial charge in [-0.25, -0.2) is 0 Å². The second-order valence-corrected chi connectivity index (χ2v) is 28.6. The third-order valence-electron chi connectivity index (χ3n) is 22.4. The van der Waals surface area contributed by atoms with Crippen LogP contribution in [0, 0.1) is 0 Å². The van der Waals surface area contributed by atoms with E-state index in [0.717, 1.165) is 126 Å². The first-order valence-electron chi connectivity index (χ1n) is 37.6. The molecule has 0 amide bonds. The summed E-state index contributed by atoms with van der Waals surface area (Å²) < 4.78 is 4.85. The van der Waals surface area contributed by atoms with E-state index in [9.17, 15) is 0 Å². The minimum absolute atomic E-state index is 0.349. The zero-order chi connectivity index (χ0) is 72.6. The number of nitrogens with zero attached hydrogens (tertiary/aromatic N) is 4. The first-order valence-corrected chi connectivity index (χ1v) is 37.6. The number of benzene rings is 15. The molecular formula is C104H80N4. The Labute approximate surface area is 633 Å². The fourth-order valence-electron chi connectivity index (χ4n) is 16.5. The normalized spacial score (nSPS) is 13.6. The Balaban J connectivity index is 0.689. The highest BCUT2D eigenvalue weighted by Crippen LogP contribution is 2.45. The molecule has 0 atom stereocenters. The van der Waals surface area contributed by atoms with Gasteiger partial charge >= 0.3 is 0 Å². The summed E-state index contributed by atoms with van der Waals surface area (Å²) >= 11 is 0. The Bertz CT molecular complexity index is 6060. The molecule has 0 spiro atoms. The summed E-state index contributed by atoms with van der Waals surface area (Å²) in [6.07, 6.45) is 12.1. The Morgan fingerprint density at radius 2 is 0.481 bits per heavy atom. The van der Waals surface area contributed by atoms with Gasteiger partial charge in [-0.05, 0) is 260 Å².